The molecule has 0 bridgehead atoms. The molecule has 6 heteroatoms. The summed E-state index contributed by atoms with van der Waals surface area (Å²) in [6.07, 6.45) is 0.180. The average molecular weight is 381 g/mol. The van der Waals surface area contributed by atoms with Crippen LogP contribution in [0.1, 0.15) is 5.56 Å². The van der Waals surface area contributed by atoms with Crippen molar-refractivity contribution in [3.05, 3.63) is 60.2 Å². The topological polar surface area (TPSA) is 53.1 Å². The summed E-state index contributed by atoms with van der Waals surface area (Å²) in [6.45, 7) is 4.06. The van der Waals surface area contributed by atoms with Crippen molar-refractivity contribution in [1.29, 1.82) is 0 Å². The molecule has 1 fully saturated rings. The minimum atomic E-state index is -0.299. The number of para-hydroxylation sites is 1. The zero-order chi connectivity index (χ0) is 19.9. The van der Waals surface area contributed by atoms with E-state index in [1.165, 1.54) is 7.11 Å². The van der Waals surface area contributed by atoms with Crippen molar-refractivity contribution >= 4 is 23.3 Å². The molecule has 6 nitrogen and oxygen atoms in total. The predicted molar refractivity (Wildman–Crippen MR) is 110 cm³/mol. The Kier molecular flexibility index (Phi) is 6.79. The van der Waals surface area contributed by atoms with Crippen molar-refractivity contribution in [2.45, 2.75) is 6.42 Å². The van der Waals surface area contributed by atoms with Gasteiger partial charge >= 0.3 is 5.97 Å². The molecular formula is C22H27N3O3. The van der Waals surface area contributed by atoms with Gasteiger partial charge in [0.1, 0.15) is 0 Å². The van der Waals surface area contributed by atoms with Gasteiger partial charge in [-0.25, -0.2) is 0 Å². The Hall–Kier alpha value is -2.70. The van der Waals surface area contributed by atoms with E-state index in [9.17, 15) is 9.59 Å². The highest BCUT2D eigenvalue weighted by Crippen LogP contribution is 2.27. The van der Waals surface area contributed by atoms with Crippen LogP contribution in [0.4, 0.5) is 11.4 Å². The second kappa shape index (κ2) is 9.48. The van der Waals surface area contributed by atoms with Crippen molar-refractivity contribution in [3.63, 3.8) is 0 Å². The Morgan fingerprint density at radius 3 is 2.32 bits per heavy atom. The highest BCUT2D eigenvalue weighted by atomic mass is 16.5. The molecule has 1 saturated heterocycles. The third-order valence-electron chi connectivity index (χ3n) is 4.96. The first kappa shape index (κ1) is 20.0. The van der Waals surface area contributed by atoms with Crippen LogP contribution in [0.15, 0.2) is 54.6 Å². The Bertz CT molecular complexity index is 802. The molecule has 148 valence electrons. The quantitative estimate of drug-likeness (QED) is 0.719. The van der Waals surface area contributed by atoms with Crippen molar-refractivity contribution in [1.82, 2.24) is 9.80 Å². The van der Waals surface area contributed by atoms with Crippen LogP contribution < -0.4 is 4.90 Å². The third-order valence-corrected chi connectivity index (χ3v) is 4.96. The number of esters is 1. The second-order valence-electron chi connectivity index (χ2n) is 7.07. The van der Waals surface area contributed by atoms with E-state index >= 15 is 0 Å². The fraction of sp³-hybridized carbons (Fsp3) is 0.364. The van der Waals surface area contributed by atoms with Gasteiger partial charge in [-0.05, 0) is 36.9 Å². The smallest absolute Gasteiger partial charge is 0.309 e. The summed E-state index contributed by atoms with van der Waals surface area (Å²) in [6, 6.07) is 17.1. The highest BCUT2D eigenvalue weighted by Gasteiger charge is 2.23. The van der Waals surface area contributed by atoms with Crippen LogP contribution in [0.25, 0.3) is 0 Å². The number of anilines is 2. The number of piperazine rings is 1. The summed E-state index contributed by atoms with van der Waals surface area (Å²) >= 11 is 0. The molecule has 2 aromatic rings. The third kappa shape index (κ3) is 5.18. The zero-order valence-electron chi connectivity index (χ0n) is 16.5. The number of nitrogens with zero attached hydrogens (tertiary/aromatic N) is 3. The van der Waals surface area contributed by atoms with Gasteiger partial charge in [-0.2, -0.15) is 0 Å². The van der Waals surface area contributed by atoms with Gasteiger partial charge < -0.3 is 9.64 Å². The molecule has 0 atom stereocenters. The fourth-order valence-electron chi connectivity index (χ4n) is 3.33. The van der Waals surface area contributed by atoms with E-state index < -0.39 is 0 Å². The van der Waals surface area contributed by atoms with Gasteiger partial charge in [0.2, 0.25) is 5.91 Å². The van der Waals surface area contributed by atoms with Gasteiger partial charge in [0.25, 0.3) is 0 Å². The zero-order valence-corrected chi connectivity index (χ0v) is 16.5. The normalized spacial score (nSPS) is 15.2. The van der Waals surface area contributed by atoms with Crippen molar-refractivity contribution < 1.29 is 14.3 Å². The van der Waals surface area contributed by atoms with Crippen molar-refractivity contribution in [2.24, 2.45) is 0 Å². The predicted octanol–water partition coefficient (Wildman–Crippen LogP) is 2.31. The molecule has 0 radical (unpaired) electrons. The van der Waals surface area contributed by atoms with E-state index in [2.05, 4.69) is 16.8 Å². The summed E-state index contributed by atoms with van der Waals surface area (Å²) in [5.41, 5.74) is 2.39. The van der Waals surface area contributed by atoms with E-state index in [0.717, 1.165) is 43.1 Å². The molecule has 0 N–H and O–H groups in total. The van der Waals surface area contributed by atoms with Gasteiger partial charge in [-0.3, -0.25) is 19.4 Å². The van der Waals surface area contributed by atoms with E-state index in [1.807, 2.05) is 54.6 Å². The van der Waals surface area contributed by atoms with Gasteiger partial charge in [-0.15, -0.1) is 0 Å². The van der Waals surface area contributed by atoms with Crippen molar-refractivity contribution in [2.75, 3.05) is 51.8 Å². The minimum absolute atomic E-state index is 0.0194. The first-order chi connectivity index (χ1) is 13.6. The first-order valence-corrected chi connectivity index (χ1v) is 9.51. The Labute approximate surface area is 166 Å². The summed E-state index contributed by atoms with van der Waals surface area (Å²) in [5, 5.41) is 0. The number of benzene rings is 2. The molecule has 1 aliphatic rings. The van der Waals surface area contributed by atoms with Crippen LogP contribution in [0.2, 0.25) is 0 Å². The molecule has 1 amide bonds. The van der Waals surface area contributed by atoms with Gasteiger partial charge in [-0.1, -0.05) is 30.3 Å². The number of hydrogen-bond acceptors (Lipinski definition) is 5. The number of methoxy groups -OCH3 is 1. The van der Waals surface area contributed by atoms with Gasteiger partial charge in [0, 0.05) is 37.6 Å². The molecule has 0 spiro atoms. The lowest BCUT2D eigenvalue weighted by molar-refractivity contribution is -0.139. The Morgan fingerprint density at radius 1 is 0.964 bits per heavy atom. The second-order valence-corrected chi connectivity index (χ2v) is 7.07. The number of carbonyl (C=O) groups is 2. The monoisotopic (exact) mass is 381 g/mol. The van der Waals surface area contributed by atoms with E-state index in [0.29, 0.717) is 6.54 Å². The van der Waals surface area contributed by atoms with E-state index in [-0.39, 0.29) is 18.3 Å². The molecule has 1 heterocycles. The number of carbonyl (C=O) groups excluding carboxylic acids is 2. The van der Waals surface area contributed by atoms with E-state index in [4.69, 9.17) is 4.74 Å². The maximum absolute atomic E-state index is 13.3. The molecule has 0 unspecified atom stereocenters. The number of ether oxygens (including phenoxy) is 1. The largest absolute Gasteiger partial charge is 0.469 e. The maximum atomic E-state index is 13.3. The summed E-state index contributed by atoms with van der Waals surface area (Å²) in [5.74, 6) is -0.279. The fourth-order valence-corrected chi connectivity index (χ4v) is 3.33. The van der Waals surface area contributed by atoms with Gasteiger partial charge in [0.15, 0.2) is 0 Å². The summed E-state index contributed by atoms with van der Waals surface area (Å²) < 4.78 is 4.77. The van der Waals surface area contributed by atoms with Crippen LogP contribution in [0.5, 0.6) is 0 Å². The molecule has 0 aliphatic carbocycles. The molecule has 1 aliphatic heterocycles. The lowest BCUT2D eigenvalue weighted by atomic mass is 10.1. The Balaban J connectivity index is 1.84. The van der Waals surface area contributed by atoms with E-state index in [1.54, 1.807) is 4.90 Å². The average Bonchev–Trinajstić information content (AvgIpc) is 2.71. The Morgan fingerprint density at radius 2 is 1.64 bits per heavy atom. The van der Waals surface area contributed by atoms with Crippen LogP contribution in [-0.4, -0.2) is 68.6 Å². The lowest BCUT2D eigenvalue weighted by Gasteiger charge is -2.33. The molecule has 0 saturated carbocycles. The number of likely N-dealkylation sites (N-methyl/N-ethyl adjacent to an activating group) is 1. The number of rotatable bonds is 6. The minimum Gasteiger partial charge on any atom is -0.469 e. The number of hydrogen-bond donors (Lipinski definition) is 0. The highest BCUT2D eigenvalue weighted by molar-refractivity contribution is 6.01. The van der Waals surface area contributed by atoms with Crippen LogP contribution in [0, 0.1) is 0 Å². The molecule has 3 rings (SSSR count). The molecule has 28 heavy (non-hydrogen) atoms. The first-order valence-electron chi connectivity index (χ1n) is 9.51. The molecule has 2 aromatic carbocycles. The molecule has 0 aromatic heterocycles. The lowest BCUT2D eigenvalue weighted by Crippen LogP contribution is -2.48. The van der Waals surface area contributed by atoms with Crippen LogP contribution in [0.3, 0.4) is 0 Å². The van der Waals surface area contributed by atoms with Crippen molar-refractivity contribution in [3.8, 4) is 0 Å². The maximum Gasteiger partial charge on any atom is 0.309 e. The van der Waals surface area contributed by atoms with Crippen LogP contribution >= 0.6 is 0 Å². The summed E-state index contributed by atoms with van der Waals surface area (Å²) in [4.78, 5) is 31.1. The van der Waals surface area contributed by atoms with Gasteiger partial charge in [0.05, 0.1) is 20.1 Å². The SMILES string of the molecule is COC(=O)Cc1cccc(N(C(=O)CN2CCN(C)CC2)c2ccccc2)c1. The van der Waals surface area contributed by atoms with Crippen LogP contribution in [-0.2, 0) is 20.7 Å². The summed E-state index contributed by atoms with van der Waals surface area (Å²) in [7, 11) is 3.48. The molecular weight excluding hydrogens is 354 g/mol. The standard InChI is InChI=1S/C22H27N3O3/c1-23-11-13-24(14-12-23)17-21(26)25(19-8-4-3-5-9-19)20-10-6-7-18(15-20)16-22(27)28-2/h3-10,15H,11-14,16-17H2,1-2H3. The number of amides is 1.